The Labute approximate surface area is 233 Å². The van der Waals surface area contributed by atoms with Gasteiger partial charge >= 0.3 is 6.09 Å². The average molecular weight is 548 g/mol. The third-order valence-electron chi connectivity index (χ3n) is 9.87. The number of nitrogens with zero attached hydrogens (tertiary/aromatic N) is 4. The molecule has 40 heavy (non-hydrogen) atoms. The molecule has 4 saturated carbocycles. The number of anilines is 1. The molecule has 5 aliphatic carbocycles. The van der Waals surface area contributed by atoms with Crippen molar-refractivity contribution in [3.63, 3.8) is 0 Å². The van der Waals surface area contributed by atoms with Gasteiger partial charge in [0.2, 0.25) is 11.6 Å². The lowest BCUT2D eigenvalue weighted by Crippen LogP contribution is -2.59. The summed E-state index contributed by atoms with van der Waals surface area (Å²) in [5.41, 5.74) is 3.22. The van der Waals surface area contributed by atoms with E-state index in [1.54, 1.807) is 18.0 Å². The summed E-state index contributed by atoms with van der Waals surface area (Å²) < 4.78 is 10.8. The predicted octanol–water partition coefficient (Wildman–Crippen LogP) is 4.49. The fourth-order valence-corrected chi connectivity index (χ4v) is 8.23. The summed E-state index contributed by atoms with van der Waals surface area (Å²) in [4.78, 5) is 36.0. The molecule has 1 aliphatic heterocycles. The van der Waals surface area contributed by atoms with Crippen molar-refractivity contribution < 1.29 is 24.0 Å². The number of likely N-dealkylation sites (tertiary alicyclic amines) is 1. The summed E-state index contributed by atoms with van der Waals surface area (Å²) in [5, 5.41) is 19.0. The number of aliphatic hydroxyl groups is 1. The highest BCUT2D eigenvalue weighted by Crippen LogP contribution is 2.56. The Kier molecular flexibility index (Phi) is 6.40. The Morgan fingerprint density at radius 3 is 2.70 bits per heavy atom. The SMILES string of the molecule is CCOC(=O)N1CCC(CC(=O)c2noc(-c3cnc4c(c3NC3[C@@H]5CC6C[C@H]3CC(O)(C6)C5)C=CC4)n2)CC1. The number of pyridine rings is 1. The van der Waals surface area contributed by atoms with E-state index in [9.17, 15) is 14.7 Å². The number of hydrogen-bond acceptors (Lipinski definition) is 9. The molecule has 2 aromatic heterocycles. The zero-order valence-corrected chi connectivity index (χ0v) is 23.0. The van der Waals surface area contributed by atoms with Gasteiger partial charge in [-0.25, -0.2) is 4.79 Å². The predicted molar refractivity (Wildman–Crippen MR) is 146 cm³/mol. The summed E-state index contributed by atoms with van der Waals surface area (Å²) >= 11 is 0. The molecule has 0 spiro atoms. The molecule has 1 amide bonds. The van der Waals surface area contributed by atoms with Crippen LogP contribution < -0.4 is 5.32 Å². The number of aromatic nitrogens is 3. The van der Waals surface area contributed by atoms with Crippen LogP contribution in [0.2, 0.25) is 0 Å². The lowest BCUT2D eigenvalue weighted by atomic mass is 9.52. The van der Waals surface area contributed by atoms with E-state index in [-0.39, 0.29) is 29.7 Å². The lowest BCUT2D eigenvalue weighted by molar-refractivity contribution is -0.129. The molecule has 3 heterocycles. The largest absolute Gasteiger partial charge is 0.450 e. The number of Topliss-reactive ketones (excluding diaryl/α,β-unsaturated/α-hetero) is 1. The minimum Gasteiger partial charge on any atom is -0.450 e. The van der Waals surface area contributed by atoms with Crippen LogP contribution in [0.1, 0.15) is 80.2 Å². The van der Waals surface area contributed by atoms with Crippen LogP contribution in [0.3, 0.4) is 0 Å². The lowest BCUT2D eigenvalue weighted by Gasteiger charge is -2.58. The van der Waals surface area contributed by atoms with Crippen molar-refractivity contribution in [3.05, 3.63) is 29.4 Å². The Bertz CT molecular complexity index is 1330. The van der Waals surface area contributed by atoms with Crippen molar-refractivity contribution in [1.29, 1.82) is 0 Å². The number of piperidine rings is 1. The Balaban J connectivity index is 1.08. The normalized spacial score (nSPS) is 30.5. The van der Waals surface area contributed by atoms with Crippen LogP contribution in [-0.2, 0) is 11.2 Å². The molecule has 2 N–H and O–H groups in total. The maximum atomic E-state index is 13.1. The van der Waals surface area contributed by atoms with Gasteiger partial charge in [-0.1, -0.05) is 17.3 Å². The van der Waals surface area contributed by atoms with Crippen molar-refractivity contribution in [2.24, 2.45) is 23.7 Å². The molecule has 212 valence electrons. The zero-order valence-electron chi connectivity index (χ0n) is 23.0. The van der Waals surface area contributed by atoms with E-state index in [1.807, 2.05) is 0 Å². The van der Waals surface area contributed by atoms with Gasteiger partial charge in [-0.3, -0.25) is 9.78 Å². The number of nitrogens with one attached hydrogen (secondary N) is 1. The molecule has 2 aromatic rings. The van der Waals surface area contributed by atoms with Crippen molar-refractivity contribution in [1.82, 2.24) is 20.0 Å². The van der Waals surface area contributed by atoms with Gasteiger partial charge in [-0.2, -0.15) is 4.98 Å². The van der Waals surface area contributed by atoms with Crippen LogP contribution in [0.4, 0.5) is 10.5 Å². The number of carbonyl (C=O) groups excluding carboxylic acids is 2. The molecule has 6 aliphatic rings. The van der Waals surface area contributed by atoms with E-state index in [2.05, 4.69) is 32.6 Å². The van der Waals surface area contributed by atoms with E-state index in [0.29, 0.717) is 55.3 Å². The summed E-state index contributed by atoms with van der Waals surface area (Å²) in [6, 6.07) is 0.278. The molecule has 1 saturated heterocycles. The molecule has 0 radical (unpaired) electrons. The number of allylic oxidation sites excluding steroid dienone is 1. The molecule has 5 atom stereocenters. The van der Waals surface area contributed by atoms with Crippen LogP contribution in [0.5, 0.6) is 0 Å². The fourth-order valence-electron chi connectivity index (χ4n) is 8.23. The van der Waals surface area contributed by atoms with Gasteiger partial charge in [0, 0.05) is 43.7 Å². The summed E-state index contributed by atoms with van der Waals surface area (Å²) in [6.07, 6.45) is 13.3. The van der Waals surface area contributed by atoms with Crippen LogP contribution in [0.15, 0.2) is 16.8 Å². The molecule has 3 unspecified atom stereocenters. The number of fused-ring (bicyclic) bond motifs is 1. The minimum absolute atomic E-state index is 0.0849. The number of rotatable bonds is 7. The van der Waals surface area contributed by atoms with Gasteiger partial charge in [0.1, 0.15) is 0 Å². The molecule has 8 rings (SSSR count). The molecule has 0 aromatic carbocycles. The van der Waals surface area contributed by atoms with Gasteiger partial charge in [-0.15, -0.1) is 0 Å². The molecular formula is C30H37N5O5. The van der Waals surface area contributed by atoms with E-state index in [4.69, 9.17) is 9.26 Å². The third-order valence-corrected chi connectivity index (χ3v) is 9.87. The van der Waals surface area contributed by atoms with Crippen LogP contribution >= 0.6 is 0 Å². The van der Waals surface area contributed by atoms with Crippen molar-refractivity contribution in [2.45, 2.75) is 76.4 Å². The van der Waals surface area contributed by atoms with E-state index >= 15 is 0 Å². The highest BCUT2D eigenvalue weighted by Gasteiger charge is 2.55. The third kappa shape index (κ3) is 4.60. The second-order valence-electron chi connectivity index (χ2n) is 12.6. The topological polar surface area (TPSA) is 131 Å². The van der Waals surface area contributed by atoms with Gasteiger partial charge in [0.25, 0.3) is 5.89 Å². The number of hydrogen-bond donors (Lipinski definition) is 2. The van der Waals surface area contributed by atoms with Gasteiger partial charge in [0.15, 0.2) is 0 Å². The Morgan fingerprint density at radius 2 is 1.98 bits per heavy atom. The highest BCUT2D eigenvalue weighted by atomic mass is 16.6. The first kappa shape index (κ1) is 25.7. The van der Waals surface area contributed by atoms with Gasteiger partial charge in [0.05, 0.1) is 29.2 Å². The van der Waals surface area contributed by atoms with Crippen molar-refractivity contribution in [2.75, 3.05) is 25.0 Å². The second kappa shape index (κ2) is 9.98. The summed E-state index contributed by atoms with van der Waals surface area (Å²) in [6.45, 7) is 3.32. The number of ketones is 1. The van der Waals surface area contributed by atoms with E-state index in [1.165, 1.54) is 0 Å². The molecule has 10 nitrogen and oxygen atoms in total. The molecule has 5 fully saturated rings. The van der Waals surface area contributed by atoms with Gasteiger partial charge in [-0.05, 0) is 75.5 Å². The minimum atomic E-state index is -0.491. The first-order chi connectivity index (χ1) is 19.4. The van der Waals surface area contributed by atoms with Crippen molar-refractivity contribution in [3.8, 4) is 11.5 Å². The second-order valence-corrected chi connectivity index (χ2v) is 12.6. The van der Waals surface area contributed by atoms with Crippen LogP contribution in [0.25, 0.3) is 17.5 Å². The molecule has 4 bridgehead atoms. The van der Waals surface area contributed by atoms with Crippen LogP contribution in [-0.4, -0.2) is 68.3 Å². The first-order valence-electron chi connectivity index (χ1n) is 14.9. The molecule has 10 heteroatoms. The number of amides is 1. The quantitative estimate of drug-likeness (QED) is 0.481. The maximum Gasteiger partial charge on any atom is 0.409 e. The highest BCUT2D eigenvalue weighted by molar-refractivity contribution is 5.93. The molecular weight excluding hydrogens is 510 g/mol. The van der Waals surface area contributed by atoms with Crippen molar-refractivity contribution >= 4 is 23.6 Å². The number of carbonyl (C=O) groups is 2. The monoisotopic (exact) mass is 547 g/mol. The van der Waals surface area contributed by atoms with E-state index in [0.717, 1.165) is 68.3 Å². The first-order valence-corrected chi connectivity index (χ1v) is 14.9. The standard InChI is InChI=1S/C30H37N5O5/c1-2-39-29(37)35-8-6-17(7-9-35)12-24(36)27-33-28(40-34-27)22-16-31-23-5-3-4-21(23)26(22)32-25-19-10-18-11-20(25)15-30(38,13-18)14-19/h3-4,16-20,25,38H,2,5-15H2,1H3,(H,31,32)/t18?,19-,20+,25?,30?. The maximum absolute atomic E-state index is 13.1. The fraction of sp³-hybridized carbons (Fsp3) is 0.633. The van der Waals surface area contributed by atoms with Gasteiger partial charge < -0.3 is 24.6 Å². The average Bonchev–Trinajstić information content (AvgIpc) is 3.61. The smallest absolute Gasteiger partial charge is 0.409 e. The summed E-state index contributed by atoms with van der Waals surface area (Å²) in [5.74, 6) is 1.90. The van der Waals surface area contributed by atoms with Crippen LogP contribution in [0, 0.1) is 23.7 Å². The Hall–Kier alpha value is -3.27. The van der Waals surface area contributed by atoms with E-state index < -0.39 is 5.60 Å². The zero-order chi connectivity index (χ0) is 27.4. The number of ether oxygens (including phenoxy) is 1. The Morgan fingerprint density at radius 1 is 1.20 bits per heavy atom. The summed E-state index contributed by atoms with van der Waals surface area (Å²) in [7, 11) is 0.